The molecule has 0 saturated heterocycles. The van der Waals surface area contributed by atoms with Gasteiger partial charge in [0.25, 0.3) is 0 Å². The summed E-state index contributed by atoms with van der Waals surface area (Å²) in [6, 6.07) is 0. The van der Waals surface area contributed by atoms with Crippen molar-refractivity contribution in [1.29, 1.82) is 0 Å². The van der Waals surface area contributed by atoms with Crippen LogP contribution in [0, 0.1) is 58.2 Å². The van der Waals surface area contributed by atoms with Gasteiger partial charge in [-0.2, -0.15) is 0 Å². The van der Waals surface area contributed by atoms with Crippen molar-refractivity contribution in [3.8, 4) is 0 Å². The number of aliphatic hydroxyl groups is 2. The van der Waals surface area contributed by atoms with Gasteiger partial charge in [-0.05, 0) is 73.0 Å². The Labute approximate surface area is 120 Å². The van der Waals surface area contributed by atoms with E-state index in [-0.39, 0.29) is 10.8 Å². The molecule has 0 unspecified atom stereocenters. The van der Waals surface area contributed by atoms with Gasteiger partial charge in [-0.15, -0.1) is 0 Å². The Balaban J connectivity index is 1.55. The van der Waals surface area contributed by atoms with Crippen molar-refractivity contribution in [3.63, 3.8) is 0 Å². The zero-order chi connectivity index (χ0) is 13.3. The summed E-state index contributed by atoms with van der Waals surface area (Å²) in [5, 5.41) is 20.8. The quantitative estimate of drug-likeness (QED) is 0.756. The minimum atomic E-state index is 0.112. The van der Waals surface area contributed by atoms with Gasteiger partial charge < -0.3 is 10.2 Å². The molecule has 0 amide bonds. The molecule has 108 valence electrons. The lowest BCUT2D eigenvalue weighted by Gasteiger charge is -2.84. The summed E-state index contributed by atoms with van der Waals surface area (Å²) in [5.41, 5.74) is 0.224. The Hall–Kier alpha value is -0.340. The van der Waals surface area contributed by atoms with Gasteiger partial charge in [0.05, 0.1) is 0 Å². The first-order chi connectivity index (χ1) is 9.79. The lowest BCUT2D eigenvalue weighted by molar-refractivity contribution is -0.401. The highest BCUT2D eigenvalue weighted by molar-refractivity contribution is 5.40. The van der Waals surface area contributed by atoms with Crippen LogP contribution in [0.2, 0.25) is 0 Å². The van der Waals surface area contributed by atoms with E-state index in [0.717, 1.165) is 35.5 Å². The van der Waals surface area contributed by atoms with Crippen LogP contribution in [0.4, 0.5) is 0 Å². The van der Waals surface area contributed by atoms with Crippen LogP contribution in [0.3, 0.4) is 0 Å². The van der Waals surface area contributed by atoms with E-state index in [2.05, 4.69) is 12.2 Å². The molecular weight excluding hydrogens is 248 g/mol. The molecule has 2 nitrogen and oxygen atoms in total. The number of aliphatic hydroxyl groups excluding tert-OH is 2. The number of rotatable bonds is 2. The molecule has 0 aromatic rings. The monoisotopic (exact) mass is 272 g/mol. The Morgan fingerprint density at radius 2 is 1.25 bits per heavy atom. The zero-order valence-electron chi connectivity index (χ0n) is 11.9. The number of allylic oxidation sites excluding steroid dienone is 2. The van der Waals surface area contributed by atoms with Crippen LogP contribution >= 0.6 is 0 Å². The first-order valence-electron chi connectivity index (χ1n) is 8.69. The molecule has 0 aromatic heterocycles. The fraction of sp³-hybridized carbons (Fsp3) is 0.889. The topological polar surface area (TPSA) is 40.5 Å². The SMILES string of the molecule is OC[C@@]12[C@H]3[C@@H]4CC[C@@H](C4)[C@H]3[C@]1(CO)[C@@H]1[C@H]2[C@H]2C=C[C@@H]1C2. The van der Waals surface area contributed by atoms with Crippen LogP contribution in [0.15, 0.2) is 12.2 Å². The van der Waals surface area contributed by atoms with Crippen LogP contribution < -0.4 is 0 Å². The van der Waals surface area contributed by atoms with E-state index in [1.807, 2.05) is 0 Å². The molecule has 0 aromatic carbocycles. The number of hydrogen-bond acceptors (Lipinski definition) is 2. The van der Waals surface area contributed by atoms with E-state index < -0.39 is 0 Å². The maximum Gasteiger partial charge on any atom is 0.0499 e. The first-order valence-corrected chi connectivity index (χ1v) is 8.69. The summed E-state index contributed by atoms with van der Waals surface area (Å²) < 4.78 is 0. The third-order valence-corrected chi connectivity index (χ3v) is 9.14. The van der Waals surface area contributed by atoms with E-state index >= 15 is 0 Å². The molecule has 20 heavy (non-hydrogen) atoms. The lowest BCUT2D eigenvalue weighted by atomic mass is 9.19. The van der Waals surface area contributed by atoms with Crippen LogP contribution in [0.5, 0.6) is 0 Å². The number of hydrogen-bond donors (Lipinski definition) is 2. The second-order valence-corrected chi connectivity index (χ2v) is 8.78. The molecule has 0 heterocycles. The summed E-state index contributed by atoms with van der Waals surface area (Å²) in [5.74, 6) is 6.11. The van der Waals surface area contributed by atoms with E-state index in [1.54, 1.807) is 0 Å². The second kappa shape index (κ2) is 3.05. The minimum absolute atomic E-state index is 0.112. The van der Waals surface area contributed by atoms with Crippen molar-refractivity contribution in [2.75, 3.05) is 13.2 Å². The van der Waals surface area contributed by atoms with Crippen molar-refractivity contribution in [2.24, 2.45) is 58.2 Å². The summed E-state index contributed by atoms with van der Waals surface area (Å²) in [7, 11) is 0. The van der Waals surface area contributed by atoms with Crippen molar-refractivity contribution in [2.45, 2.75) is 25.7 Å². The minimum Gasteiger partial charge on any atom is -0.396 e. The van der Waals surface area contributed by atoms with E-state index in [9.17, 15) is 10.2 Å². The molecule has 2 heteroatoms. The molecule has 0 spiro atoms. The van der Waals surface area contributed by atoms with Gasteiger partial charge >= 0.3 is 0 Å². The van der Waals surface area contributed by atoms with Gasteiger partial charge in [-0.3, -0.25) is 0 Å². The average Bonchev–Trinajstić information content (AvgIpc) is 3.17. The molecule has 4 bridgehead atoms. The Morgan fingerprint density at radius 1 is 0.750 bits per heavy atom. The predicted octanol–water partition coefficient (Wildman–Crippen LogP) is 2.07. The normalized spacial score (nSPS) is 70.3. The molecule has 5 fully saturated rings. The van der Waals surface area contributed by atoms with Gasteiger partial charge in [0, 0.05) is 24.0 Å². The van der Waals surface area contributed by atoms with Crippen molar-refractivity contribution in [3.05, 3.63) is 12.2 Å². The summed E-state index contributed by atoms with van der Waals surface area (Å²) in [6.45, 7) is 0.687. The van der Waals surface area contributed by atoms with Crippen molar-refractivity contribution in [1.82, 2.24) is 0 Å². The molecule has 6 aliphatic carbocycles. The summed E-state index contributed by atoms with van der Waals surface area (Å²) in [4.78, 5) is 0. The second-order valence-electron chi connectivity index (χ2n) is 8.78. The highest BCUT2D eigenvalue weighted by atomic mass is 16.3. The van der Waals surface area contributed by atoms with Gasteiger partial charge in [0.1, 0.15) is 0 Å². The van der Waals surface area contributed by atoms with E-state index in [1.165, 1.54) is 25.7 Å². The van der Waals surface area contributed by atoms with Crippen LogP contribution in [0.25, 0.3) is 0 Å². The highest BCUT2D eigenvalue weighted by Gasteiger charge is 2.90. The lowest BCUT2D eigenvalue weighted by Crippen LogP contribution is -2.84. The average molecular weight is 272 g/mol. The molecule has 5 saturated carbocycles. The standard InChI is InChI=1S/C18H24O2/c19-7-17-13-9-1-2-10(5-9)14(13)18(17,8-20)16-12-4-3-11(6-12)15(16)17/h1-2,9-16,19-20H,3-8H2/t9-,10+,11+,12-,13+,14-,15-,16+,17+,18-. The Kier molecular flexibility index (Phi) is 1.72. The third kappa shape index (κ3) is 0.753. The largest absolute Gasteiger partial charge is 0.396 e. The molecule has 0 radical (unpaired) electrons. The number of fused-ring (bicyclic) bond motifs is 15. The molecular formula is C18H24O2. The molecule has 6 aliphatic rings. The van der Waals surface area contributed by atoms with Gasteiger partial charge in [0.2, 0.25) is 0 Å². The molecule has 0 aliphatic heterocycles. The smallest absolute Gasteiger partial charge is 0.0499 e. The maximum atomic E-state index is 10.4. The Bertz CT molecular complexity index is 484. The fourth-order valence-corrected chi connectivity index (χ4v) is 9.21. The first kappa shape index (κ1) is 11.3. The molecule has 2 N–H and O–H groups in total. The zero-order valence-corrected chi connectivity index (χ0v) is 11.9. The van der Waals surface area contributed by atoms with Crippen molar-refractivity contribution < 1.29 is 10.2 Å². The van der Waals surface area contributed by atoms with Crippen LogP contribution in [0.1, 0.15) is 25.7 Å². The predicted molar refractivity (Wildman–Crippen MR) is 74.6 cm³/mol. The van der Waals surface area contributed by atoms with Gasteiger partial charge in [0.15, 0.2) is 0 Å². The Morgan fingerprint density at radius 3 is 1.70 bits per heavy atom. The van der Waals surface area contributed by atoms with Crippen molar-refractivity contribution >= 4 is 0 Å². The maximum absolute atomic E-state index is 10.4. The van der Waals surface area contributed by atoms with Gasteiger partial charge in [-0.25, -0.2) is 0 Å². The van der Waals surface area contributed by atoms with Crippen LogP contribution in [-0.4, -0.2) is 23.4 Å². The summed E-state index contributed by atoms with van der Waals surface area (Å²) >= 11 is 0. The van der Waals surface area contributed by atoms with E-state index in [4.69, 9.17) is 0 Å². The molecule has 10 atom stereocenters. The fourth-order valence-electron chi connectivity index (χ4n) is 9.21. The highest BCUT2D eigenvalue weighted by Crippen LogP contribution is 2.91. The third-order valence-electron chi connectivity index (χ3n) is 9.14. The summed E-state index contributed by atoms with van der Waals surface area (Å²) in [6.07, 6.45) is 10.4. The molecule has 6 rings (SSSR count). The van der Waals surface area contributed by atoms with Crippen LogP contribution in [-0.2, 0) is 0 Å². The van der Waals surface area contributed by atoms with E-state index in [0.29, 0.717) is 25.0 Å². The van der Waals surface area contributed by atoms with Gasteiger partial charge in [-0.1, -0.05) is 12.2 Å².